The van der Waals surface area contributed by atoms with Gasteiger partial charge in [0.15, 0.2) is 6.10 Å². The highest BCUT2D eigenvalue weighted by Crippen LogP contribution is 2.36. The number of hydrogen-bond acceptors (Lipinski definition) is 9. The lowest BCUT2D eigenvalue weighted by molar-refractivity contribution is -0.162. The predicted octanol–water partition coefficient (Wildman–Crippen LogP) is -3.78. The third-order valence-electron chi connectivity index (χ3n) is 1.71. The highest BCUT2D eigenvalue weighted by atomic mass is 31.2. The molecular weight excluding hydrogens is 277 g/mol. The molecule has 10 N–H and O–H groups in total. The second-order valence-electron chi connectivity index (χ2n) is 3.08. The van der Waals surface area contributed by atoms with Gasteiger partial charge in [0.05, 0.1) is 6.61 Å². The van der Waals surface area contributed by atoms with E-state index in [1.54, 1.807) is 0 Å². The Morgan fingerprint density at radius 2 is 1.56 bits per heavy atom. The lowest BCUT2D eigenvalue weighted by Gasteiger charge is -2.24. The maximum atomic E-state index is 10.8. The zero-order chi connectivity index (χ0) is 13.8. The summed E-state index contributed by atoms with van der Waals surface area (Å²) in [4.78, 5) is 27.3. The first kappa shape index (κ1) is 19.7. The highest BCUT2D eigenvalue weighted by molar-refractivity contribution is 7.46. The molecule has 11 nitrogen and oxygen atoms in total. The van der Waals surface area contributed by atoms with E-state index in [0.29, 0.717) is 0 Å². The molecule has 0 saturated heterocycles. The average Bonchev–Trinajstić information content (AvgIpc) is 2.22. The molecule has 18 heavy (non-hydrogen) atoms. The number of carbonyl (C=O) groups is 1. The van der Waals surface area contributed by atoms with Crippen LogP contribution in [0.2, 0.25) is 0 Å². The van der Waals surface area contributed by atoms with E-state index in [-0.39, 0.29) is 6.15 Å². The Hall–Kier alpha value is -0.620. The molecule has 0 spiro atoms. The summed E-state index contributed by atoms with van der Waals surface area (Å²) in [6.45, 7) is -0.960. The van der Waals surface area contributed by atoms with Gasteiger partial charge in [-0.1, -0.05) is 0 Å². The van der Waals surface area contributed by atoms with E-state index in [4.69, 9.17) is 35.3 Å². The van der Waals surface area contributed by atoms with E-state index in [9.17, 15) is 9.36 Å². The molecule has 0 aromatic rings. The van der Waals surface area contributed by atoms with E-state index in [1.807, 2.05) is 0 Å². The van der Waals surface area contributed by atoms with Gasteiger partial charge in [0.25, 0.3) is 0 Å². The van der Waals surface area contributed by atoms with Crippen LogP contribution >= 0.6 is 7.82 Å². The molecule has 0 aliphatic carbocycles. The fraction of sp³-hybridized carbons (Fsp3) is 0.833. The van der Waals surface area contributed by atoms with Crippen LogP contribution in [0.4, 0.5) is 0 Å². The van der Waals surface area contributed by atoms with Crippen LogP contribution in [-0.2, 0) is 13.9 Å². The van der Waals surface area contributed by atoms with E-state index in [2.05, 4.69) is 4.52 Å². The minimum atomic E-state index is -5.19. The monoisotopic (exact) mass is 293 g/mol. The van der Waals surface area contributed by atoms with Gasteiger partial charge in [0, 0.05) is 0 Å². The summed E-state index contributed by atoms with van der Waals surface area (Å²) in [5.74, 6) is -1.88. The lowest BCUT2D eigenvalue weighted by Crippen LogP contribution is -2.48. The molecule has 0 bridgehead atoms. The van der Waals surface area contributed by atoms with Crippen molar-refractivity contribution in [2.75, 3.05) is 6.61 Å². The largest absolute Gasteiger partial charge is 0.527 e. The first-order chi connectivity index (χ1) is 7.60. The number of rotatable bonds is 6. The van der Waals surface area contributed by atoms with Crippen molar-refractivity contribution in [1.29, 1.82) is 0 Å². The Bertz CT molecular complexity index is 305. The molecule has 12 heteroatoms. The van der Waals surface area contributed by atoms with Crippen molar-refractivity contribution in [3.63, 3.8) is 0 Å². The molecule has 0 radical (unpaired) electrons. The van der Waals surface area contributed by atoms with Crippen LogP contribution in [0.5, 0.6) is 0 Å². The molecule has 0 aromatic carbocycles. The summed E-state index contributed by atoms with van der Waals surface area (Å²) in [5.41, 5.74) is 0. The van der Waals surface area contributed by atoms with Gasteiger partial charge < -0.3 is 36.2 Å². The molecule has 0 aliphatic heterocycles. The quantitative estimate of drug-likeness (QED) is 0.222. The summed E-state index contributed by atoms with van der Waals surface area (Å²) in [7, 11) is -5.19. The minimum absolute atomic E-state index is 0. The highest BCUT2D eigenvalue weighted by Gasteiger charge is 2.37. The molecule has 110 valence electrons. The van der Waals surface area contributed by atoms with Gasteiger partial charge in [-0.05, 0) is 0 Å². The van der Waals surface area contributed by atoms with Gasteiger partial charge >= 0.3 is 13.8 Å². The second kappa shape index (κ2) is 7.74. The summed E-state index contributed by atoms with van der Waals surface area (Å²) < 4.78 is 13.7. The van der Waals surface area contributed by atoms with Gasteiger partial charge in [-0.3, -0.25) is 9.79 Å². The topological polar surface area (TPSA) is 220 Å². The predicted molar refractivity (Wildman–Crippen MR) is 54.3 cm³/mol. The maximum absolute atomic E-state index is 10.8. The molecule has 0 rings (SSSR count). The number of aliphatic hydroxyl groups is 5. The molecule has 0 unspecified atom stereocenters. The zero-order valence-corrected chi connectivity index (χ0v) is 9.92. The Morgan fingerprint density at radius 1 is 1.11 bits per heavy atom. The minimum Gasteiger partial charge on any atom is -0.394 e. The van der Waals surface area contributed by atoms with E-state index < -0.39 is 44.8 Å². The number of carbonyl (C=O) groups excluding carboxylic acids is 1. The molecule has 0 saturated carbocycles. The van der Waals surface area contributed by atoms with Crippen LogP contribution in [0.25, 0.3) is 0 Å². The van der Waals surface area contributed by atoms with Crippen LogP contribution in [0.15, 0.2) is 0 Å². The number of phosphoric acid groups is 1. The third kappa shape index (κ3) is 6.35. The lowest BCUT2D eigenvalue weighted by atomic mass is 10.0. The fourth-order valence-electron chi connectivity index (χ4n) is 0.833. The van der Waals surface area contributed by atoms with Crippen molar-refractivity contribution < 1.29 is 49.2 Å². The first-order valence-electron chi connectivity index (χ1n) is 4.22. The average molecular weight is 293 g/mol. The van der Waals surface area contributed by atoms with Crippen molar-refractivity contribution >= 4 is 13.8 Å². The summed E-state index contributed by atoms with van der Waals surface area (Å²) in [6.07, 6.45) is -8.71. The Balaban J connectivity index is 0. The van der Waals surface area contributed by atoms with Gasteiger partial charge in [0.2, 0.25) is 0 Å². The Morgan fingerprint density at radius 3 is 1.89 bits per heavy atom. The van der Waals surface area contributed by atoms with Gasteiger partial charge in [-0.15, -0.1) is 0 Å². The summed E-state index contributed by atoms with van der Waals surface area (Å²) >= 11 is 0. The van der Waals surface area contributed by atoms with Crippen LogP contribution in [0.3, 0.4) is 0 Å². The summed E-state index contributed by atoms with van der Waals surface area (Å²) in [6, 6.07) is 0. The molecule has 0 aromatic heterocycles. The number of phosphoric ester groups is 1. The maximum Gasteiger partial charge on any atom is 0.527 e. The SMILES string of the molecule is N.O=C(OP(=O)(O)O)[C@H](O)[C@@H](O)[C@H](O)[C@H](O)CO. The van der Waals surface area contributed by atoms with Crippen LogP contribution in [0.1, 0.15) is 0 Å². The van der Waals surface area contributed by atoms with Crippen molar-refractivity contribution in [3.8, 4) is 0 Å². The summed E-state index contributed by atoms with van der Waals surface area (Å²) in [5, 5.41) is 44.6. The van der Waals surface area contributed by atoms with E-state index in [0.717, 1.165) is 0 Å². The Kier molecular flexibility index (Phi) is 8.47. The number of aliphatic hydroxyl groups excluding tert-OH is 5. The van der Waals surface area contributed by atoms with Crippen molar-refractivity contribution in [1.82, 2.24) is 6.15 Å². The molecule has 4 atom stereocenters. The number of hydrogen-bond donors (Lipinski definition) is 8. The van der Waals surface area contributed by atoms with Gasteiger partial charge in [-0.25, -0.2) is 9.36 Å². The van der Waals surface area contributed by atoms with Crippen molar-refractivity contribution in [3.05, 3.63) is 0 Å². The smallest absolute Gasteiger partial charge is 0.394 e. The van der Waals surface area contributed by atoms with E-state index >= 15 is 0 Å². The van der Waals surface area contributed by atoms with E-state index in [1.165, 1.54) is 0 Å². The normalized spacial score (nSPS) is 18.2. The van der Waals surface area contributed by atoms with Crippen molar-refractivity contribution in [2.45, 2.75) is 24.4 Å². The standard InChI is InChI=1S/C6H13O10P.H3N/c7-1-2(8)3(9)4(10)5(11)6(12)16-17(13,14)15;/h2-5,7-11H,1H2,(H2,13,14,15);1H3/t2-,3-,4+,5-;/m1./s1. The molecule has 0 aliphatic rings. The zero-order valence-electron chi connectivity index (χ0n) is 9.03. The molecule has 0 fully saturated rings. The van der Waals surface area contributed by atoms with Crippen LogP contribution in [-0.4, -0.2) is 72.3 Å². The molecule has 0 amide bonds. The van der Waals surface area contributed by atoms with Gasteiger partial charge in [-0.2, -0.15) is 0 Å². The van der Waals surface area contributed by atoms with Crippen LogP contribution in [0, 0.1) is 0 Å². The molecular formula is C6H16NO10P. The molecule has 0 heterocycles. The Labute approximate surface area is 101 Å². The van der Waals surface area contributed by atoms with Gasteiger partial charge in [0.1, 0.15) is 18.3 Å². The fourth-order valence-corrected chi connectivity index (χ4v) is 1.18. The second-order valence-corrected chi connectivity index (χ2v) is 4.24. The first-order valence-corrected chi connectivity index (χ1v) is 5.75. The third-order valence-corrected chi connectivity index (χ3v) is 2.12. The van der Waals surface area contributed by atoms with Crippen molar-refractivity contribution in [2.24, 2.45) is 0 Å². The van der Waals surface area contributed by atoms with Crippen LogP contribution < -0.4 is 6.15 Å².